The molecule has 3 heteroatoms. The zero-order chi connectivity index (χ0) is 9.52. The van der Waals surface area contributed by atoms with E-state index < -0.39 is 0 Å². The minimum atomic E-state index is -0.316. The van der Waals surface area contributed by atoms with Crippen LogP contribution in [0, 0.1) is 6.07 Å². The molecular formula is C10H13O3. The van der Waals surface area contributed by atoms with Crippen molar-refractivity contribution in [2.75, 3.05) is 20.8 Å². The van der Waals surface area contributed by atoms with Gasteiger partial charge in [0, 0.05) is 14.2 Å². The van der Waals surface area contributed by atoms with Gasteiger partial charge in [0.2, 0.25) is 0 Å². The highest BCUT2D eigenvalue weighted by Gasteiger charge is 2.04. The Morgan fingerprint density at radius 2 is 1.85 bits per heavy atom. The second kappa shape index (κ2) is 5.56. The van der Waals surface area contributed by atoms with Crippen molar-refractivity contribution >= 4 is 0 Å². The predicted molar refractivity (Wildman–Crippen MR) is 48.6 cm³/mol. The molecule has 0 bridgehead atoms. The van der Waals surface area contributed by atoms with E-state index in [2.05, 4.69) is 6.07 Å². The standard InChI is InChI=1S/C10H13O3/c1-11-10(12-2)8-13-9-6-4-3-5-7-9/h4-7,10H,8H2,1-2H3. The molecule has 1 aromatic rings. The van der Waals surface area contributed by atoms with Crippen LogP contribution in [0.3, 0.4) is 0 Å². The molecule has 0 unspecified atom stereocenters. The lowest BCUT2D eigenvalue weighted by Gasteiger charge is -2.13. The van der Waals surface area contributed by atoms with E-state index in [9.17, 15) is 0 Å². The van der Waals surface area contributed by atoms with Crippen LogP contribution < -0.4 is 4.74 Å². The summed E-state index contributed by atoms with van der Waals surface area (Å²) < 4.78 is 15.3. The first kappa shape index (κ1) is 10.0. The van der Waals surface area contributed by atoms with Crippen molar-refractivity contribution in [1.82, 2.24) is 0 Å². The Labute approximate surface area is 78.2 Å². The van der Waals surface area contributed by atoms with Gasteiger partial charge in [-0.05, 0) is 18.2 Å². The topological polar surface area (TPSA) is 27.7 Å². The molecule has 13 heavy (non-hydrogen) atoms. The highest BCUT2D eigenvalue weighted by molar-refractivity contribution is 5.20. The molecule has 3 nitrogen and oxygen atoms in total. The maximum absolute atomic E-state index is 5.38. The van der Waals surface area contributed by atoms with E-state index in [1.807, 2.05) is 12.1 Å². The van der Waals surface area contributed by atoms with Gasteiger partial charge in [-0.25, -0.2) is 0 Å². The summed E-state index contributed by atoms with van der Waals surface area (Å²) >= 11 is 0. The summed E-state index contributed by atoms with van der Waals surface area (Å²) in [5.74, 6) is 0.790. The smallest absolute Gasteiger partial charge is 0.191 e. The Hall–Kier alpha value is -1.06. The van der Waals surface area contributed by atoms with Gasteiger partial charge in [-0.2, -0.15) is 0 Å². The third kappa shape index (κ3) is 3.44. The van der Waals surface area contributed by atoms with Crippen molar-refractivity contribution < 1.29 is 14.2 Å². The molecule has 0 N–H and O–H groups in total. The minimum Gasteiger partial charge on any atom is -0.488 e. The lowest BCUT2D eigenvalue weighted by atomic mass is 10.3. The van der Waals surface area contributed by atoms with E-state index in [-0.39, 0.29) is 6.29 Å². The van der Waals surface area contributed by atoms with E-state index in [1.165, 1.54) is 0 Å². The van der Waals surface area contributed by atoms with Crippen LogP contribution in [0.1, 0.15) is 0 Å². The molecule has 0 aliphatic carbocycles. The summed E-state index contributed by atoms with van der Waals surface area (Å²) in [7, 11) is 3.16. The van der Waals surface area contributed by atoms with E-state index in [1.54, 1.807) is 26.4 Å². The SMILES string of the molecule is COC(COc1cc[c]cc1)OC. The summed E-state index contributed by atoms with van der Waals surface area (Å²) in [5, 5.41) is 0. The Bertz CT molecular complexity index is 219. The molecule has 0 fully saturated rings. The van der Waals surface area contributed by atoms with Crippen molar-refractivity contribution in [1.29, 1.82) is 0 Å². The van der Waals surface area contributed by atoms with Gasteiger partial charge in [-0.3, -0.25) is 0 Å². The van der Waals surface area contributed by atoms with Crippen LogP contribution in [0.15, 0.2) is 24.3 Å². The fourth-order valence-electron chi connectivity index (χ4n) is 0.864. The third-order valence-electron chi connectivity index (χ3n) is 1.60. The molecule has 0 atom stereocenters. The number of ether oxygens (including phenoxy) is 3. The van der Waals surface area contributed by atoms with E-state index in [0.717, 1.165) is 5.75 Å². The van der Waals surface area contributed by atoms with Gasteiger partial charge in [-0.1, -0.05) is 12.1 Å². The number of hydrogen-bond acceptors (Lipinski definition) is 3. The molecule has 71 valence electrons. The zero-order valence-electron chi connectivity index (χ0n) is 7.82. The fraction of sp³-hybridized carbons (Fsp3) is 0.400. The van der Waals surface area contributed by atoms with Crippen molar-refractivity contribution in [3.05, 3.63) is 30.3 Å². The molecule has 0 spiro atoms. The number of benzene rings is 1. The largest absolute Gasteiger partial charge is 0.488 e. The van der Waals surface area contributed by atoms with Crippen molar-refractivity contribution in [3.8, 4) is 5.75 Å². The molecule has 0 aliphatic rings. The Morgan fingerprint density at radius 1 is 1.23 bits per heavy atom. The molecule has 0 amide bonds. The van der Waals surface area contributed by atoms with Gasteiger partial charge in [0.1, 0.15) is 12.4 Å². The first-order valence-electron chi connectivity index (χ1n) is 4.01. The van der Waals surface area contributed by atoms with Gasteiger partial charge in [0.05, 0.1) is 0 Å². The quantitative estimate of drug-likeness (QED) is 0.644. The molecule has 1 radical (unpaired) electrons. The van der Waals surface area contributed by atoms with Gasteiger partial charge in [-0.15, -0.1) is 0 Å². The minimum absolute atomic E-state index is 0.316. The van der Waals surface area contributed by atoms with Crippen molar-refractivity contribution in [3.63, 3.8) is 0 Å². The summed E-state index contributed by atoms with van der Waals surface area (Å²) in [6, 6.07) is 10.2. The van der Waals surface area contributed by atoms with E-state index in [0.29, 0.717) is 6.61 Å². The van der Waals surface area contributed by atoms with E-state index in [4.69, 9.17) is 14.2 Å². The van der Waals surface area contributed by atoms with E-state index >= 15 is 0 Å². The van der Waals surface area contributed by atoms with Crippen LogP contribution in [0.25, 0.3) is 0 Å². The molecule has 0 saturated heterocycles. The van der Waals surface area contributed by atoms with Crippen LogP contribution in [-0.2, 0) is 9.47 Å². The lowest BCUT2D eigenvalue weighted by Crippen LogP contribution is -2.21. The van der Waals surface area contributed by atoms with Gasteiger partial charge in [0.25, 0.3) is 0 Å². The van der Waals surface area contributed by atoms with Crippen LogP contribution in [0.5, 0.6) is 5.75 Å². The highest BCUT2D eigenvalue weighted by Crippen LogP contribution is 2.08. The Balaban J connectivity index is 2.34. The molecule has 1 aromatic carbocycles. The fourth-order valence-corrected chi connectivity index (χ4v) is 0.864. The van der Waals surface area contributed by atoms with Crippen LogP contribution >= 0.6 is 0 Å². The predicted octanol–water partition coefficient (Wildman–Crippen LogP) is 1.48. The molecule has 1 rings (SSSR count). The monoisotopic (exact) mass is 181 g/mol. The summed E-state index contributed by atoms with van der Waals surface area (Å²) in [6.07, 6.45) is -0.316. The normalized spacial score (nSPS) is 10.4. The molecular weight excluding hydrogens is 168 g/mol. The molecule has 0 heterocycles. The average Bonchev–Trinajstić information content (AvgIpc) is 2.21. The van der Waals surface area contributed by atoms with Crippen LogP contribution in [0.2, 0.25) is 0 Å². The van der Waals surface area contributed by atoms with Gasteiger partial charge < -0.3 is 14.2 Å². The van der Waals surface area contributed by atoms with Crippen LogP contribution in [0.4, 0.5) is 0 Å². The summed E-state index contributed by atoms with van der Waals surface area (Å²) in [4.78, 5) is 0. The van der Waals surface area contributed by atoms with Gasteiger partial charge in [0.15, 0.2) is 6.29 Å². The first-order chi connectivity index (χ1) is 6.36. The second-order valence-electron chi connectivity index (χ2n) is 2.45. The number of methoxy groups -OCH3 is 2. The number of rotatable bonds is 5. The number of hydrogen-bond donors (Lipinski definition) is 0. The Morgan fingerprint density at radius 3 is 2.38 bits per heavy atom. The summed E-state index contributed by atoms with van der Waals surface area (Å²) in [6.45, 7) is 0.386. The van der Waals surface area contributed by atoms with Crippen LogP contribution in [-0.4, -0.2) is 27.1 Å². The third-order valence-corrected chi connectivity index (χ3v) is 1.60. The van der Waals surface area contributed by atoms with Crippen molar-refractivity contribution in [2.45, 2.75) is 6.29 Å². The lowest BCUT2D eigenvalue weighted by molar-refractivity contribution is -0.121. The van der Waals surface area contributed by atoms with Crippen molar-refractivity contribution in [2.24, 2.45) is 0 Å². The molecule has 0 aliphatic heterocycles. The maximum Gasteiger partial charge on any atom is 0.191 e. The summed E-state index contributed by atoms with van der Waals surface area (Å²) in [5.41, 5.74) is 0. The second-order valence-corrected chi connectivity index (χ2v) is 2.45. The Kier molecular flexibility index (Phi) is 4.29. The molecule has 0 aromatic heterocycles. The first-order valence-corrected chi connectivity index (χ1v) is 4.01. The average molecular weight is 181 g/mol. The maximum atomic E-state index is 5.38. The van der Waals surface area contributed by atoms with Gasteiger partial charge >= 0.3 is 0 Å². The zero-order valence-corrected chi connectivity index (χ0v) is 7.82. The molecule has 0 saturated carbocycles. The highest BCUT2D eigenvalue weighted by atomic mass is 16.7.